The van der Waals surface area contributed by atoms with Gasteiger partial charge in [-0.3, -0.25) is 14.5 Å². The Balaban J connectivity index is 2.01. The third-order valence-corrected chi connectivity index (χ3v) is 6.01. The monoisotopic (exact) mass is 414 g/mol. The Morgan fingerprint density at radius 1 is 1.14 bits per heavy atom. The minimum Gasteiger partial charge on any atom is -0.357 e. The number of para-hydroxylation sites is 2. The number of anilines is 2. The fraction of sp³-hybridized carbons (Fsp3) is 0.273. The summed E-state index contributed by atoms with van der Waals surface area (Å²) < 4.78 is 0. The number of hydrogen-bond acceptors (Lipinski definition) is 3. The molecule has 144 valence electrons. The van der Waals surface area contributed by atoms with E-state index in [-0.39, 0.29) is 11.7 Å². The number of hydrogen-bond donors (Lipinski definition) is 1. The second kappa shape index (κ2) is 7.61. The van der Waals surface area contributed by atoms with Gasteiger partial charge < -0.3 is 5.32 Å². The van der Waals surface area contributed by atoms with Gasteiger partial charge >= 0.3 is 0 Å². The van der Waals surface area contributed by atoms with Crippen LogP contribution in [0.15, 0.2) is 53.7 Å². The number of halogens is 2. The number of amides is 1. The number of ketones is 1. The van der Waals surface area contributed by atoms with E-state index in [2.05, 4.69) is 5.32 Å². The molecular formula is C22H20Cl2N2O2. The highest BCUT2D eigenvalue weighted by molar-refractivity contribution is 6.42. The van der Waals surface area contributed by atoms with Crippen molar-refractivity contribution < 1.29 is 9.59 Å². The van der Waals surface area contributed by atoms with Crippen LogP contribution in [0, 0.1) is 0 Å². The molecule has 2 aliphatic rings. The van der Waals surface area contributed by atoms with Gasteiger partial charge in [-0.2, -0.15) is 0 Å². The lowest BCUT2D eigenvalue weighted by atomic mass is 9.85. The largest absolute Gasteiger partial charge is 0.357 e. The summed E-state index contributed by atoms with van der Waals surface area (Å²) in [5.41, 5.74) is 3.88. The van der Waals surface area contributed by atoms with Crippen LogP contribution in [0.5, 0.6) is 0 Å². The molecule has 0 unspecified atom stereocenters. The summed E-state index contributed by atoms with van der Waals surface area (Å²) in [5, 5.41) is 4.27. The van der Waals surface area contributed by atoms with Gasteiger partial charge in [0.05, 0.1) is 27.5 Å². The number of nitrogens with one attached hydrogen (secondary N) is 1. The fourth-order valence-corrected chi connectivity index (χ4v) is 4.28. The van der Waals surface area contributed by atoms with Crippen LogP contribution in [0.4, 0.5) is 11.4 Å². The third-order valence-electron chi connectivity index (χ3n) is 5.27. The van der Waals surface area contributed by atoms with Crippen molar-refractivity contribution in [1.82, 2.24) is 0 Å². The molecule has 0 fully saturated rings. The van der Waals surface area contributed by atoms with Crippen LogP contribution in [0.3, 0.4) is 0 Å². The summed E-state index contributed by atoms with van der Waals surface area (Å²) in [5.74, 6) is 0.00368. The van der Waals surface area contributed by atoms with Crippen LogP contribution in [-0.4, -0.2) is 11.7 Å². The predicted octanol–water partition coefficient (Wildman–Crippen LogP) is 5.91. The molecule has 2 aromatic carbocycles. The Hall–Kier alpha value is -2.30. The quantitative estimate of drug-likeness (QED) is 0.664. The molecule has 0 saturated carbocycles. The second-order valence-electron chi connectivity index (χ2n) is 7.00. The Kier molecular flexibility index (Phi) is 5.17. The van der Waals surface area contributed by atoms with Crippen LogP contribution < -0.4 is 10.2 Å². The van der Waals surface area contributed by atoms with E-state index < -0.39 is 6.04 Å². The maximum absolute atomic E-state index is 13.1. The van der Waals surface area contributed by atoms with Gasteiger partial charge in [-0.25, -0.2) is 0 Å². The van der Waals surface area contributed by atoms with E-state index in [1.807, 2.05) is 37.3 Å². The van der Waals surface area contributed by atoms with Crippen molar-refractivity contribution in [2.45, 2.75) is 38.6 Å². The Bertz CT molecular complexity index is 1000. The van der Waals surface area contributed by atoms with Gasteiger partial charge in [-0.15, -0.1) is 0 Å². The Labute approximate surface area is 174 Å². The molecule has 4 rings (SSSR count). The van der Waals surface area contributed by atoms with Gasteiger partial charge in [0.15, 0.2) is 5.78 Å². The van der Waals surface area contributed by atoms with Crippen molar-refractivity contribution in [1.29, 1.82) is 0 Å². The summed E-state index contributed by atoms with van der Waals surface area (Å²) in [6.45, 7) is 1.83. The molecule has 4 nitrogen and oxygen atoms in total. The van der Waals surface area contributed by atoms with Gasteiger partial charge in [0, 0.05) is 24.1 Å². The standard InChI is InChI=1S/C22H20Cl2N2O2/c1-2-20(28)26-18-8-4-3-6-16(18)25-17-7-5-9-19(27)21(17)22(26)13-10-11-14(23)15(24)12-13/h3-4,6,8,10-12,22,25H,2,5,7,9H2,1H3/t22-/m0/s1. The maximum atomic E-state index is 13.1. The minimum atomic E-state index is -0.541. The van der Waals surface area contributed by atoms with E-state index in [4.69, 9.17) is 23.2 Å². The average molecular weight is 415 g/mol. The number of nitrogens with zero attached hydrogens (tertiary/aromatic N) is 1. The van der Waals surface area contributed by atoms with Crippen LogP contribution in [0.1, 0.15) is 44.2 Å². The number of carbonyl (C=O) groups excluding carboxylic acids is 2. The summed E-state index contributed by atoms with van der Waals surface area (Å²) >= 11 is 12.4. The molecule has 0 spiro atoms. The fourth-order valence-electron chi connectivity index (χ4n) is 3.98. The number of rotatable bonds is 2. The molecule has 0 aromatic heterocycles. The van der Waals surface area contributed by atoms with Gasteiger partial charge in [0.25, 0.3) is 0 Å². The average Bonchev–Trinajstić information content (AvgIpc) is 2.84. The number of fused-ring (bicyclic) bond motifs is 1. The Morgan fingerprint density at radius 3 is 2.68 bits per heavy atom. The van der Waals surface area contributed by atoms with Crippen LogP contribution in [0.2, 0.25) is 10.0 Å². The van der Waals surface area contributed by atoms with Crippen molar-refractivity contribution in [3.8, 4) is 0 Å². The van der Waals surface area contributed by atoms with E-state index in [0.717, 1.165) is 35.5 Å². The zero-order chi connectivity index (χ0) is 19.8. The molecule has 1 heterocycles. The molecule has 6 heteroatoms. The Morgan fingerprint density at radius 2 is 1.93 bits per heavy atom. The van der Waals surface area contributed by atoms with Crippen molar-refractivity contribution in [2.24, 2.45) is 0 Å². The molecule has 1 aliphatic carbocycles. The topological polar surface area (TPSA) is 49.4 Å². The van der Waals surface area contributed by atoms with E-state index in [0.29, 0.717) is 28.5 Å². The van der Waals surface area contributed by atoms with E-state index >= 15 is 0 Å². The van der Waals surface area contributed by atoms with Crippen LogP contribution >= 0.6 is 23.2 Å². The molecule has 0 saturated heterocycles. The third kappa shape index (κ3) is 3.21. The molecule has 1 atom stereocenters. The molecule has 28 heavy (non-hydrogen) atoms. The van der Waals surface area contributed by atoms with E-state index in [9.17, 15) is 9.59 Å². The van der Waals surface area contributed by atoms with Crippen molar-refractivity contribution >= 4 is 46.3 Å². The summed E-state index contributed by atoms with van der Waals surface area (Å²) in [6, 6.07) is 12.4. The second-order valence-corrected chi connectivity index (χ2v) is 7.82. The molecule has 1 aliphatic heterocycles. The molecule has 1 N–H and O–H groups in total. The van der Waals surface area contributed by atoms with Gasteiger partial charge in [0.2, 0.25) is 5.91 Å². The minimum absolute atomic E-state index is 0.0579. The zero-order valence-electron chi connectivity index (χ0n) is 15.5. The number of allylic oxidation sites excluding steroid dienone is 1. The normalized spacial score (nSPS) is 18.9. The highest BCUT2D eigenvalue weighted by Gasteiger charge is 2.39. The SMILES string of the molecule is CCC(=O)N1c2ccccc2NC2=C(C(=O)CCC2)[C@@H]1c1ccc(Cl)c(Cl)c1. The highest BCUT2D eigenvalue weighted by atomic mass is 35.5. The molecule has 0 radical (unpaired) electrons. The molecular weight excluding hydrogens is 395 g/mol. The first kappa shape index (κ1) is 19.0. The van der Waals surface area contributed by atoms with E-state index in [1.54, 1.807) is 17.0 Å². The zero-order valence-corrected chi connectivity index (χ0v) is 17.0. The molecule has 1 amide bonds. The maximum Gasteiger partial charge on any atom is 0.227 e. The number of carbonyl (C=O) groups is 2. The van der Waals surface area contributed by atoms with Gasteiger partial charge in [0.1, 0.15) is 0 Å². The summed E-state index contributed by atoms with van der Waals surface area (Å²) in [4.78, 5) is 27.9. The predicted molar refractivity (Wildman–Crippen MR) is 113 cm³/mol. The summed E-state index contributed by atoms with van der Waals surface area (Å²) in [6.07, 6.45) is 2.36. The van der Waals surface area contributed by atoms with Crippen molar-refractivity contribution in [2.75, 3.05) is 10.2 Å². The van der Waals surface area contributed by atoms with Crippen molar-refractivity contribution in [3.05, 3.63) is 69.3 Å². The summed E-state index contributed by atoms with van der Waals surface area (Å²) in [7, 11) is 0. The number of Topliss-reactive ketones (excluding diaryl/α,β-unsaturated/α-hetero) is 1. The highest BCUT2D eigenvalue weighted by Crippen LogP contribution is 2.45. The van der Waals surface area contributed by atoms with Crippen LogP contribution in [0.25, 0.3) is 0 Å². The van der Waals surface area contributed by atoms with Gasteiger partial charge in [-0.1, -0.05) is 48.3 Å². The lowest BCUT2D eigenvalue weighted by Crippen LogP contribution is -2.37. The first-order valence-corrected chi connectivity index (χ1v) is 10.2. The lowest BCUT2D eigenvalue weighted by molar-refractivity contribution is -0.118. The van der Waals surface area contributed by atoms with E-state index in [1.165, 1.54) is 0 Å². The van der Waals surface area contributed by atoms with Gasteiger partial charge in [-0.05, 0) is 42.7 Å². The lowest BCUT2D eigenvalue weighted by Gasteiger charge is -2.34. The smallest absolute Gasteiger partial charge is 0.227 e. The molecule has 0 bridgehead atoms. The first-order chi connectivity index (χ1) is 13.5. The first-order valence-electron chi connectivity index (χ1n) is 9.40. The van der Waals surface area contributed by atoms with Crippen molar-refractivity contribution in [3.63, 3.8) is 0 Å². The number of benzene rings is 2. The molecule has 2 aromatic rings. The van der Waals surface area contributed by atoms with Crippen LogP contribution in [-0.2, 0) is 9.59 Å².